The van der Waals surface area contributed by atoms with Crippen LogP contribution in [0.25, 0.3) is 22.0 Å². The molecule has 0 unspecified atom stereocenters. The average molecular weight is 359 g/mol. The number of anilines is 2. The predicted octanol–water partition coefficient (Wildman–Crippen LogP) is 3.61. The van der Waals surface area contributed by atoms with Crippen LogP contribution < -0.4 is 10.6 Å². The molecule has 0 radical (unpaired) electrons. The minimum Gasteiger partial charge on any atom is -0.384 e. The smallest absolute Gasteiger partial charge is 0.316 e. The van der Waals surface area contributed by atoms with E-state index < -0.39 is 12.3 Å². The first-order chi connectivity index (χ1) is 12.5. The van der Waals surface area contributed by atoms with Gasteiger partial charge in [0, 0.05) is 23.7 Å². The van der Waals surface area contributed by atoms with Gasteiger partial charge in [0.05, 0.1) is 5.52 Å². The quantitative estimate of drug-likeness (QED) is 0.704. The number of halogens is 2. The van der Waals surface area contributed by atoms with Crippen molar-refractivity contribution < 1.29 is 13.6 Å². The third kappa shape index (κ3) is 3.49. The van der Waals surface area contributed by atoms with Gasteiger partial charge < -0.3 is 5.73 Å². The summed E-state index contributed by atoms with van der Waals surface area (Å²) in [6.07, 6.45) is -0.0217. The lowest BCUT2D eigenvalue weighted by molar-refractivity contribution is -0.129. The molecule has 2 aromatic heterocycles. The predicted molar refractivity (Wildman–Crippen MR) is 97.0 cm³/mol. The van der Waals surface area contributed by atoms with Crippen LogP contribution in [-0.4, -0.2) is 34.1 Å². The number of amides is 1. The van der Waals surface area contributed by atoms with E-state index in [1.165, 1.54) is 0 Å². The molecule has 3 N–H and O–H groups in total. The van der Waals surface area contributed by atoms with E-state index in [0.717, 1.165) is 22.4 Å². The lowest BCUT2D eigenvalue weighted by atomic mass is 10.1. The Morgan fingerprint density at radius 3 is 2.69 bits per heavy atom. The number of nitrogen functional groups attached to an aromatic ring is 1. The maximum absolute atomic E-state index is 13.0. The zero-order chi connectivity index (χ0) is 18.7. The van der Waals surface area contributed by atoms with Gasteiger partial charge in [-0.15, -0.1) is 0 Å². The molecule has 0 aliphatic heterocycles. The van der Waals surface area contributed by atoms with Gasteiger partial charge in [-0.2, -0.15) is 13.9 Å². The largest absolute Gasteiger partial charge is 0.384 e. The lowest BCUT2D eigenvalue weighted by Crippen LogP contribution is -2.36. The second-order valence-electron chi connectivity index (χ2n) is 5.92. The van der Waals surface area contributed by atoms with E-state index in [9.17, 15) is 13.6 Å². The number of carbonyl (C=O) groups is 1. The number of hydrogen-bond acceptors (Lipinski definition) is 4. The van der Waals surface area contributed by atoms with Crippen LogP contribution in [0.1, 0.15) is 19.8 Å². The molecule has 1 amide bonds. The molecule has 2 heterocycles. The summed E-state index contributed by atoms with van der Waals surface area (Å²) in [7, 11) is 0. The van der Waals surface area contributed by atoms with Gasteiger partial charge in [-0.1, -0.05) is 19.4 Å². The normalized spacial score (nSPS) is 11.2. The van der Waals surface area contributed by atoms with Crippen molar-refractivity contribution >= 4 is 28.4 Å². The Bertz CT molecular complexity index is 908. The van der Waals surface area contributed by atoms with Gasteiger partial charge in [0.15, 0.2) is 5.82 Å². The number of pyridine rings is 1. The fraction of sp³-hybridized carbons (Fsp3) is 0.278. The van der Waals surface area contributed by atoms with Crippen molar-refractivity contribution in [2.75, 3.05) is 17.2 Å². The van der Waals surface area contributed by atoms with Gasteiger partial charge in [0.2, 0.25) is 0 Å². The average Bonchev–Trinajstić information content (AvgIpc) is 3.05. The van der Waals surface area contributed by atoms with Gasteiger partial charge in [0.1, 0.15) is 5.82 Å². The number of benzene rings is 1. The third-order valence-corrected chi connectivity index (χ3v) is 4.11. The van der Waals surface area contributed by atoms with E-state index in [4.69, 9.17) is 5.73 Å². The highest BCUT2D eigenvalue weighted by molar-refractivity contribution is 6.03. The highest BCUT2D eigenvalue weighted by atomic mass is 19.3. The Balaban J connectivity index is 1.99. The van der Waals surface area contributed by atoms with Crippen molar-refractivity contribution in [2.45, 2.75) is 26.2 Å². The molecule has 0 aliphatic rings. The topological polar surface area (TPSA) is 87.9 Å². The highest BCUT2D eigenvalue weighted by Gasteiger charge is 2.27. The lowest BCUT2D eigenvalue weighted by Gasteiger charge is -2.20. The van der Waals surface area contributed by atoms with Crippen molar-refractivity contribution in [3.8, 4) is 11.1 Å². The van der Waals surface area contributed by atoms with Crippen LogP contribution >= 0.6 is 0 Å². The summed E-state index contributed by atoms with van der Waals surface area (Å²) >= 11 is 0. The fourth-order valence-corrected chi connectivity index (χ4v) is 2.72. The van der Waals surface area contributed by atoms with Crippen LogP contribution in [0.5, 0.6) is 0 Å². The number of aromatic amines is 1. The van der Waals surface area contributed by atoms with Crippen molar-refractivity contribution in [1.82, 2.24) is 15.2 Å². The Morgan fingerprint density at radius 2 is 2.04 bits per heavy atom. The number of unbranched alkanes of at least 4 members (excludes halogenated alkanes) is 1. The summed E-state index contributed by atoms with van der Waals surface area (Å²) in [4.78, 5) is 17.0. The number of aromatic nitrogens is 3. The van der Waals surface area contributed by atoms with Gasteiger partial charge in [-0.25, -0.2) is 4.98 Å². The molecular formula is C18H19F2N5O. The van der Waals surface area contributed by atoms with Crippen LogP contribution in [0.15, 0.2) is 36.5 Å². The molecule has 0 aliphatic carbocycles. The number of fused-ring (bicyclic) bond motifs is 1. The summed E-state index contributed by atoms with van der Waals surface area (Å²) in [5.41, 5.74) is 7.99. The van der Waals surface area contributed by atoms with Crippen LogP contribution in [0.2, 0.25) is 0 Å². The Morgan fingerprint density at radius 1 is 1.27 bits per heavy atom. The number of alkyl halides is 2. The number of nitrogens with two attached hydrogens (primary N) is 1. The first kappa shape index (κ1) is 17.8. The second-order valence-corrected chi connectivity index (χ2v) is 5.92. The van der Waals surface area contributed by atoms with E-state index in [1.807, 2.05) is 25.1 Å². The van der Waals surface area contributed by atoms with E-state index >= 15 is 0 Å². The maximum Gasteiger partial charge on any atom is 0.316 e. The standard InChI is InChI=1S/C18H19F2N5O/c1-2-3-8-25(18(26)16(19)20)17-13-6-4-11(9-14(13)23-24-17)12-5-7-15(21)22-10-12/h4-7,9-10,16H,2-3,8H2,1H3,(H2,21,22)(H,23,24). The third-order valence-electron chi connectivity index (χ3n) is 4.11. The number of nitrogens with zero attached hydrogens (tertiary/aromatic N) is 3. The summed E-state index contributed by atoms with van der Waals surface area (Å²) < 4.78 is 25.9. The molecule has 0 fully saturated rings. The van der Waals surface area contributed by atoms with Gasteiger partial charge in [0.25, 0.3) is 5.91 Å². The summed E-state index contributed by atoms with van der Waals surface area (Å²) in [6, 6.07) is 8.97. The number of rotatable bonds is 6. The molecule has 26 heavy (non-hydrogen) atoms. The van der Waals surface area contributed by atoms with Crippen LogP contribution in [0.4, 0.5) is 20.4 Å². The minimum atomic E-state index is -3.07. The number of H-pyrrole nitrogens is 1. The molecule has 0 spiro atoms. The molecule has 1 aromatic carbocycles. The van der Waals surface area contributed by atoms with E-state index in [0.29, 0.717) is 23.1 Å². The van der Waals surface area contributed by atoms with Gasteiger partial charge in [-0.3, -0.25) is 14.8 Å². The first-order valence-corrected chi connectivity index (χ1v) is 8.30. The van der Waals surface area contributed by atoms with Gasteiger partial charge in [-0.05, 0) is 36.2 Å². The van der Waals surface area contributed by atoms with Crippen LogP contribution in [0.3, 0.4) is 0 Å². The second kappa shape index (κ2) is 7.47. The zero-order valence-corrected chi connectivity index (χ0v) is 14.2. The molecule has 3 rings (SSSR count). The first-order valence-electron chi connectivity index (χ1n) is 8.30. The zero-order valence-electron chi connectivity index (χ0n) is 14.2. The summed E-state index contributed by atoms with van der Waals surface area (Å²) in [6.45, 7) is 2.13. The van der Waals surface area contributed by atoms with Crippen molar-refractivity contribution in [3.05, 3.63) is 36.5 Å². The van der Waals surface area contributed by atoms with Crippen molar-refractivity contribution in [3.63, 3.8) is 0 Å². The molecule has 0 bridgehead atoms. The number of carbonyl (C=O) groups excluding carboxylic acids is 1. The van der Waals surface area contributed by atoms with Crippen LogP contribution in [0, 0.1) is 0 Å². The van der Waals surface area contributed by atoms with E-state index in [1.54, 1.807) is 18.3 Å². The molecule has 6 nitrogen and oxygen atoms in total. The van der Waals surface area contributed by atoms with E-state index in [-0.39, 0.29) is 12.4 Å². The minimum absolute atomic E-state index is 0.198. The van der Waals surface area contributed by atoms with Crippen molar-refractivity contribution in [2.24, 2.45) is 0 Å². The summed E-state index contributed by atoms with van der Waals surface area (Å²) in [5.74, 6) is -0.588. The monoisotopic (exact) mass is 359 g/mol. The molecule has 0 saturated heterocycles. The Labute approximate surface area is 149 Å². The molecule has 0 saturated carbocycles. The Hall–Kier alpha value is -3.03. The van der Waals surface area contributed by atoms with Crippen LogP contribution in [-0.2, 0) is 4.79 Å². The molecule has 136 valence electrons. The fourth-order valence-electron chi connectivity index (χ4n) is 2.72. The Kier molecular flexibility index (Phi) is 5.11. The number of nitrogens with one attached hydrogen (secondary N) is 1. The maximum atomic E-state index is 13.0. The van der Waals surface area contributed by atoms with Gasteiger partial charge >= 0.3 is 6.43 Å². The SMILES string of the molecule is CCCCN(C(=O)C(F)F)c1n[nH]c2cc(-c3ccc(N)nc3)ccc12. The molecule has 8 heteroatoms. The molecule has 0 atom stereocenters. The number of hydrogen-bond donors (Lipinski definition) is 2. The van der Waals surface area contributed by atoms with E-state index in [2.05, 4.69) is 15.2 Å². The highest BCUT2D eigenvalue weighted by Crippen LogP contribution is 2.29. The molecular weight excluding hydrogens is 340 g/mol. The molecule has 3 aromatic rings. The summed E-state index contributed by atoms with van der Waals surface area (Å²) in [5, 5.41) is 7.55. The van der Waals surface area contributed by atoms with Crippen molar-refractivity contribution in [1.29, 1.82) is 0 Å².